The molecule has 0 spiro atoms. The van der Waals surface area contributed by atoms with Crippen LogP contribution in [0, 0.1) is 0 Å². The molecule has 9 heteroatoms. The quantitative estimate of drug-likeness (QED) is 0.478. The smallest absolute Gasteiger partial charge is 0.247 e. The summed E-state index contributed by atoms with van der Waals surface area (Å²) in [6.07, 6.45) is 2.64. The Morgan fingerprint density at radius 2 is 2.32 bits per heavy atom. The second-order valence-corrected chi connectivity index (χ2v) is 5.96. The molecular formula is C10H15N5O3S. The lowest BCUT2D eigenvalue weighted by Crippen LogP contribution is -2.55. The second kappa shape index (κ2) is 5.11. The average molecular weight is 285 g/mol. The van der Waals surface area contributed by atoms with Crippen LogP contribution in [0.15, 0.2) is 23.4 Å². The molecule has 0 saturated carbocycles. The normalized spacial score (nSPS) is 20.9. The van der Waals surface area contributed by atoms with E-state index in [9.17, 15) is 13.2 Å². The summed E-state index contributed by atoms with van der Waals surface area (Å²) in [4.78, 5) is 15.3. The van der Waals surface area contributed by atoms with Crippen LogP contribution in [0.5, 0.6) is 0 Å². The van der Waals surface area contributed by atoms with Gasteiger partial charge in [0.25, 0.3) is 0 Å². The van der Waals surface area contributed by atoms with Crippen LogP contribution >= 0.6 is 0 Å². The van der Waals surface area contributed by atoms with Gasteiger partial charge in [-0.05, 0) is 13.0 Å². The number of pyridine rings is 1. The number of nitrogen functional groups attached to an aromatic ring is 1. The number of piperazine rings is 1. The molecule has 0 radical (unpaired) electrons. The number of carbonyl (C=O) groups excluding carboxylic acids is 1. The summed E-state index contributed by atoms with van der Waals surface area (Å²) in [5, 5.41) is 2.61. The van der Waals surface area contributed by atoms with Crippen molar-refractivity contribution in [3.8, 4) is 0 Å². The highest BCUT2D eigenvalue weighted by molar-refractivity contribution is 7.89. The molecule has 1 aromatic heterocycles. The van der Waals surface area contributed by atoms with Crippen LogP contribution in [0.1, 0.15) is 6.92 Å². The summed E-state index contributed by atoms with van der Waals surface area (Å²) < 4.78 is 26.2. The maximum absolute atomic E-state index is 12.5. The summed E-state index contributed by atoms with van der Waals surface area (Å²) in [7, 11) is -3.82. The first-order chi connectivity index (χ1) is 8.98. The molecule has 1 atom stereocenters. The molecule has 1 aromatic rings. The number of anilines is 1. The van der Waals surface area contributed by atoms with Crippen molar-refractivity contribution < 1.29 is 13.2 Å². The van der Waals surface area contributed by atoms with Crippen LogP contribution in [-0.4, -0.2) is 42.7 Å². The summed E-state index contributed by atoms with van der Waals surface area (Å²) in [6.45, 7) is 2.04. The van der Waals surface area contributed by atoms with Crippen LogP contribution < -0.4 is 16.6 Å². The first-order valence-electron chi connectivity index (χ1n) is 5.68. The molecule has 1 saturated heterocycles. The Morgan fingerprint density at radius 3 is 3.00 bits per heavy atom. The topological polar surface area (TPSA) is 117 Å². The highest BCUT2D eigenvalue weighted by Crippen LogP contribution is 2.24. The van der Waals surface area contributed by atoms with Gasteiger partial charge >= 0.3 is 0 Å². The van der Waals surface area contributed by atoms with Crippen molar-refractivity contribution in [1.29, 1.82) is 0 Å². The number of hydrazine groups is 1. The van der Waals surface area contributed by atoms with Crippen molar-refractivity contribution in [2.24, 2.45) is 5.84 Å². The lowest BCUT2D eigenvalue weighted by atomic mass is 10.2. The summed E-state index contributed by atoms with van der Waals surface area (Å²) in [5.74, 6) is 4.98. The van der Waals surface area contributed by atoms with E-state index in [1.807, 2.05) is 0 Å². The third kappa shape index (κ3) is 2.39. The van der Waals surface area contributed by atoms with Crippen LogP contribution in [0.4, 0.5) is 5.69 Å². The molecule has 2 heterocycles. The Labute approximate surface area is 111 Å². The lowest BCUT2D eigenvalue weighted by Gasteiger charge is -2.32. The van der Waals surface area contributed by atoms with E-state index >= 15 is 0 Å². The average Bonchev–Trinajstić information content (AvgIpc) is 2.41. The Morgan fingerprint density at radius 1 is 1.58 bits per heavy atom. The largest absolute Gasteiger partial charge is 0.353 e. The fourth-order valence-electron chi connectivity index (χ4n) is 1.92. The van der Waals surface area contributed by atoms with Gasteiger partial charge in [0.05, 0.1) is 5.69 Å². The Kier molecular flexibility index (Phi) is 3.69. The van der Waals surface area contributed by atoms with E-state index in [0.717, 1.165) is 4.31 Å². The second-order valence-electron chi connectivity index (χ2n) is 4.10. The number of aromatic nitrogens is 1. The van der Waals surface area contributed by atoms with Crippen molar-refractivity contribution in [2.45, 2.75) is 17.9 Å². The minimum Gasteiger partial charge on any atom is -0.353 e. The number of rotatable bonds is 3. The molecule has 0 bridgehead atoms. The zero-order valence-corrected chi connectivity index (χ0v) is 11.1. The molecule has 1 aliphatic heterocycles. The first kappa shape index (κ1) is 13.7. The van der Waals surface area contributed by atoms with Crippen molar-refractivity contribution in [2.75, 3.05) is 18.5 Å². The predicted molar refractivity (Wildman–Crippen MR) is 68.4 cm³/mol. The Balaban J connectivity index is 2.44. The first-order valence-corrected chi connectivity index (χ1v) is 7.12. The molecule has 4 N–H and O–H groups in total. The third-order valence-electron chi connectivity index (χ3n) is 2.97. The Hall–Kier alpha value is -1.71. The summed E-state index contributed by atoms with van der Waals surface area (Å²) >= 11 is 0. The van der Waals surface area contributed by atoms with Crippen LogP contribution in [0.3, 0.4) is 0 Å². The van der Waals surface area contributed by atoms with Gasteiger partial charge in [-0.15, -0.1) is 0 Å². The highest BCUT2D eigenvalue weighted by atomic mass is 32.2. The molecule has 1 unspecified atom stereocenters. The van der Waals surface area contributed by atoms with Gasteiger partial charge in [0.15, 0.2) is 0 Å². The van der Waals surface area contributed by atoms with Gasteiger partial charge in [0.2, 0.25) is 15.9 Å². The molecule has 1 fully saturated rings. The number of hydrogen-bond acceptors (Lipinski definition) is 6. The minimum absolute atomic E-state index is 0.0425. The zero-order chi connectivity index (χ0) is 14.0. The van der Waals surface area contributed by atoms with E-state index in [-0.39, 0.29) is 29.6 Å². The number of nitrogens with zero attached hydrogens (tertiary/aromatic N) is 2. The van der Waals surface area contributed by atoms with Crippen molar-refractivity contribution in [1.82, 2.24) is 14.6 Å². The molecule has 0 aromatic carbocycles. The zero-order valence-electron chi connectivity index (χ0n) is 10.3. The van der Waals surface area contributed by atoms with E-state index in [1.165, 1.54) is 25.4 Å². The van der Waals surface area contributed by atoms with Crippen LogP contribution in [-0.2, 0) is 14.8 Å². The SMILES string of the molecule is CC1C(=O)NCCN1S(=O)(=O)c1cnccc1NN. The molecule has 1 aliphatic rings. The van der Waals surface area contributed by atoms with Gasteiger partial charge in [0.1, 0.15) is 10.9 Å². The number of nitrogens with one attached hydrogen (secondary N) is 2. The van der Waals surface area contributed by atoms with E-state index in [4.69, 9.17) is 5.84 Å². The van der Waals surface area contributed by atoms with E-state index < -0.39 is 16.1 Å². The Bertz CT molecular complexity index is 589. The molecule has 2 rings (SSSR count). The number of hydrogen-bond donors (Lipinski definition) is 3. The lowest BCUT2D eigenvalue weighted by molar-refractivity contribution is -0.126. The maximum atomic E-state index is 12.5. The molecular weight excluding hydrogens is 270 g/mol. The van der Waals surface area contributed by atoms with Gasteiger partial charge in [-0.3, -0.25) is 15.6 Å². The van der Waals surface area contributed by atoms with E-state index in [2.05, 4.69) is 15.7 Å². The highest BCUT2D eigenvalue weighted by Gasteiger charge is 2.36. The fourth-order valence-corrected chi connectivity index (χ4v) is 3.62. The minimum atomic E-state index is -3.82. The maximum Gasteiger partial charge on any atom is 0.247 e. The molecule has 19 heavy (non-hydrogen) atoms. The monoisotopic (exact) mass is 285 g/mol. The number of amides is 1. The van der Waals surface area contributed by atoms with E-state index in [1.54, 1.807) is 0 Å². The number of sulfonamides is 1. The van der Waals surface area contributed by atoms with Gasteiger partial charge in [-0.1, -0.05) is 0 Å². The van der Waals surface area contributed by atoms with Gasteiger partial charge in [0, 0.05) is 25.5 Å². The van der Waals surface area contributed by atoms with Gasteiger partial charge in [-0.25, -0.2) is 8.42 Å². The molecule has 0 aliphatic carbocycles. The summed E-state index contributed by atoms with van der Waals surface area (Å²) in [6, 6.07) is 0.700. The van der Waals surface area contributed by atoms with Crippen molar-refractivity contribution in [3.05, 3.63) is 18.5 Å². The standard InChI is InChI=1S/C10H15N5O3S/c1-7-10(16)13-4-5-15(7)19(17,18)9-6-12-3-2-8(9)14-11/h2-3,6-7H,4-5,11H2,1H3,(H,12,14)(H,13,16). The van der Waals surface area contributed by atoms with Crippen molar-refractivity contribution >= 4 is 21.6 Å². The number of nitrogens with two attached hydrogens (primary N) is 1. The van der Waals surface area contributed by atoms with E-state index in [0.29, 0.717) is 0 Å². The fraction of sp³-hybridized carbons (Fsp3) is 0.400. The van der Waals surface area contributed by atoms with Crippen molar-refractivity contribution in [3.63, 3.8) is 0 Å². The molecule has 1 amide bonds. The third-order valence-corrected chi connectivity index (χ3v) is 4.97. The van der Waals surface area contributed by atoms with Crippen LogP contribution in [0.2, 0.25) is 0 Å². The number of carbonyl (C=O) groups is 1. The van der Waals surface area contributed by atoms with Gasteiger partial charge < -0.3 is 10.7 Å². The van der Waals surface area contributed by atoms with Crippen LogP contribution in [0.25, 0.3) is 0 Å². The molecule has 8 nitrogen and oxygen atoms in total. The predicted octanol–water partition coefficient (Wildman–Crippen LogP) is -1.12. The summed E-state index contributed by atoms with van der Waals surface area (Å²) in [5.41, 5.74) is 2.56. The van der Waals surface area contributed by atoms with Gasteiger partial charge in [-0.2, -0.15) is 4.31 Å². The molecule has 104 valence electrons.